The predicted molar refractivity (Wildman–Crippen MR) is 55.3 cm³/mol. The molecule has 0 radical (unpaired) electrons. The first-order valence-corrected chi connectivity index (χ1v) is 4.91. The molecule has 0 saturated heterocycles. The molecule has 1 aliphatic carbocycles. The lowest BCUT2D eigenvalue weighted by atomic mass is 9.99. The van der Waals surface area contributed by atoms with Crippen molar-refractivity contribution in [1.82, 2.24) is 9.97 Å². The van der Waals surface area contributed by atoms with Gasteiger partial charge in [-0.2, -0.15) is 0 Å². The van der Waals surface area contributed by atoms with Crippen LogP contribution in [0.4, 0.5) is 5.82 Å². The van der Waals surface area contributed by atoms with Gasteiger partial charge in [0.25, 0.3) is 5.56 Å². The average molecular weight is 193 g/mol. The second-order valence-corrected chi connectivity index (χ2v) is 4.42. The monoisotopic (exact) mass is 193 g/mol. The molecule has 14 heavy (non-hydrogen) atoms. The molecular weight excluding hydrogens is 178 g/mol. The van der Waals surface area contributed by atoms with Crippen LogP contribution in [-0.2, 0) is 0 Å². The van der Waals surface area contributed by atoms with Crippen LogP contribution in [-0.4, -0.2) is 15.5 Å². The number of H-pyrrole nitrogens is 1. The largest absolute Gasteiger partial charge is 0.365 e. The first-order chi connectivity index (χ1) is 6.58. The molecule has 0 bridgehead atoms. The molecule has 2 rings (SSSR count). The van der Waals surface area contributed by atoms with Gasteiger partial charge in [-0.1, -0.05) is 0 Å². The summed E-state index contributed by atoms with van der Waals surface area (Å²) in [7, 11) is 0. The van der Waals surface area contributed by atoms with E-state index in [9.17, 15) is 4.79 Å². The van der Waals surface area contributed by atoms with Gasteiger partial charge in [0.15, 0.2) is 0 Å². The molecule has 0 atom stereocenters. The fraction of sp³-hybridized carbons (Fsp3) is 0.600. The molecule has 0 spiro atoms. The van der Waals surface area contributed by atoms with Crippen molar-refractivity contribution >= 4 is 5.82 Å². The Hall–Kier alpha value is -1.32. The second kappa shape index (κ2) is 3.12. The highest BCUT2D eigenvalue weighted by Crippen LogP contribution is 2.40. The number of anilines is 1. The maximum absolute atomic E-state index is 11.0. The minimum atomic E-state index is -0.117. The fourth-order valence-corrected chi connectivity index (χ4v) is 1.67. The van der Waals surface area contributed by atoms with E-state index in [-0.39, 0.29) is 11.1 Å². The molecule has 1 heterocycles. The number of nitrogens with zero attached hydrogens (tertiary/aromatic N) is 1. The van der Waals surface area contributed by atoms with E-state index in [0.717, 1.165) is 0 Å². The third-order valence-electron chi connectivity index (χ3n) is 2.73. The van der Waals surface area contributed by atoms with Crippen LogP contribution in [0.3, 0.4) is 0 Å². The van der Waals surface area contributed by atoms with Crippen LogP contribution in [0.15, 0.2) is 17.2 Å². The summed E-state index contributed by atoms with van der Waals surface area (Å²) < 4.78 is 0. The van der Waals surface area contributed by atoms with Crippen LogP contribution >= 0.6 is 0 Å². The van der Waals surface area contributed by atoms with Gasteiger partial charge in [0.05, 0.1) is 6.33 Å². The zero-order valence-electron chi connectivity index (χ0n) is 8.50. The van der Waals surface area contributed by atoms with Crippen molar-refractivity contribution in [2.24, 2.45) is 5.92 Å². The van der Waals surface area contributed by atoms with E-state index in [0.29, 0.717) is 11.7 Å². The van der Waals surface area contributed by atoms with E-state index >= 15 is 0 Å². The maximum atomic E-state index is 11.0. The summed E-state index contributed by atoms with van der Waals surface area (Å²) in [6.45, 7) is 4.29. The van der Waals surface area contributed by atoms with Gasteiger partial charge in [-0.3, -0.25) is 4.79 Å². The summed E-state index contributed by atoms with van der Waals surface area (Å²) >= 11 is 0. The van der Waals surface area contributed by atoms with Gasteiger partial charge >= 0.3 is 0 Å². The predicted octanol–water partition coefficient (Wildman–Crippen LogP) is 1.37. The molecule has 0 aliphatic heterocycles. The Balaban J connectivity index is 2.13. The minimum absolute atomic E-state index is 0.0425. The van der Waals surface area contributed by atoms with Crippen molar-refractivity contribution in [2.45, 2.75) is 32.2 Å². The SMILES string of the molecule is CC(C)(Nc1cc(=O)[nH]cn1)C1CC1. The van der Waals surface area contributed by atoms with Gasteiger partial charge in [0, 0.05) is 11.6 Å². The van der Waals surface area contributed by atoms with Gasteiger partial charge in [-0.25, -0.2) is 4.98 Å². The summed E-state index contributed by atoms with van der Waals surface area (Å²) in [5.74, 6) is 1.37. The molecule has 0 unspecified atom stereocenters. The van der Waals surface area contributed by atoms with Crippen molar-refractivity contribution in [3.63, 3.8) is 0 Å². The Labute approximate surface area is 82.8 Å². The highest BCUT2D eigenvalue weighted by molar-refractivity contribution is 5.36. The number of rotatable bonds is 3. The highest BCUT2D eigenvalue weighted by atomic mass is 16.1. The molecule has 1 aliphatic rings. The molecule has 4 nitrogen and oxygen atoms in total. The van der Waals surface area contributed by atoms with E-state index in [1.807, 2.05) is 0 Å². The minimum Gasteiger partial charge on any atom is -0.365 e. The Morgan fingerprint density at radius 1 is 1.57 bits per heavy atom. The normalized spacial score (nSPS) is 16.7. The van der Waals surface area contributed by atoms with Gasteiger partial charge in [0.1, 0.15) is 5.82 Å². The van der Waals surface area contributed by atoms with E-state index < -0.39 is 0 Å². The zero-order chi connectivity index (χ0) is 10.2. The summed E-state index contributed by atoms with van der Waals surface area (Å²) in [6.07, 6.45) is 3.96. The highest BCUT2D eigenvalue weighted by Gasteiger charge is 2.37. The molecule has 0 amide bonds. The van der Waals surface area contributed by atoms with Crippen LogP contribution in [0.25, 0.3) is 0 Å². The molecule has 1 aromatic rings. The molecular formula is C10H15N3O. The Morgan fingerprint density at radius 3 is 2.86 bits per heavy atom. The molecule has 2 N–H and O–H groups in total. The van der Waals surface area contributed by atoms with Gasteiger partial charge in [-0.15, -0.1) is 0 Å². The Bertz CT molecular complexity index is 379. The number of hydrogen-bond donors (Lipinski definition) is 2. The van der Waals surface area contributed by atoms with E-state index in [2.05, 4.69) is 29.1 Å². The van der Waals surface area contributed by atoms with Crippen LogP contribution in [0.2, 0.25) is 0 Å². The van der Waals surface area contributed by atoms with Crippen molar-refractivity contribution in [3.8, 4) is 0 Å². The molecule has 1 saturated carbocycles. The number of aromatic amines is 1. The lowest BCUT2D eigenvalue weighted by molar-refractivity contribution is 0.492. The number of aromatic nitrogens is 2. The van der Waals surface area contributed by atoms with Gasteiger partial charge in [-0.05, 0) is 32.6 Å². The van der Waals surface area contributed by atoms with Crippen molar-refractivity contribution < 1.29 is 0 Å². The van der Waals surface area contributed by atoms with Crippen LogP contribution in [0.5, 0.6) is 0 Å². The summed E-state index contributed by atoms with van der Waals surface area (Å²) in [4.78, 5) is 17.6. The third-order valence-corrected chi connectivity index (χ3v) is 2.73. The quantitative estimate of drug-likeness (QED) is 0.762. The average Bonchev–Trinajstić information content (AvgIpc) is 2.84. The topological polar surface area (TPSA) is 57.8 Å². The van der Waals surface area contributed by atoms with Crippen molar-refractivity contribution in [2.75, 3.05) is 5.32 Å². The standard InChI is InChI=1S/C10H15N3O/c1-10(2,7-3-4-7)13-8-5-9(14)12-6-11-8/h5-7H,3-4H2,1-2H3,(H2,11,12,13,14). The first kappa shape index (κ1) is 9.24. The fourth-order valence-electron chi connectivity index (χ4n) is 1.67. The first-order valence-electron chi connectivity index (χ1n) is 4.91. The molecule has 0 aromatic carbocycles. The summed E-state index contributed by atoms with van der Waals surface area (Å²) in [5, 5.41) is 3.29. The molecule has 4 heteroatoms. The summed E-state index contributed by atoms with van der Waals surface area (Å²) in [6, 6.07) is 1.49. The maximum Gasteiger partial charge on any atom is 0.252 e. The van der Waals surface area contributed by atoms with Gasteiger partial charge < -0.3 is 10.3 Å². The Kier molecular flexibility index (Phi) is 2.06. The zero-order valence-corrected chi connectivity index (χ0v) is 8.50. The van der Waals surface area contributed by atoms with Crippen LogP contribution in [0.1, 0.15) is 26.7 Å². The lowest BCUT2D eigenvalue weighted by Gasteiger charge is -2.26. The molecule has 76 valence electrons. The number of nitrogens with one attached hydrogen (secondary N) is 2. The van der Waals surface area contributed by atoms with E-state index in [1.165, 1.54) is 25.2 Å². The Morgan fingerprint density at radius 2 is 2.29 bits per heavy atom. The van der Waals surface area contributed by atoms with Crippen LogP contribution in [0, 0.1) is 5.92 Å². The van der Waals surface area contributed by atoms with E-state index in [1.54, 1.807) is 0 Å². The lowest BCUT2D eigenvalue weighted by Crippen LogP contribution is -2.34. The van der Waals surface area contributed by atoms with Gasteiger partial charge in [0.2, 0.25) is 0 Å². The molecule has 1 aromatic heterocycles. The summed E-state index contributed by atoms with van der Waals surface area (Å²) in [5.41, 5.74) is -0.0741. The van der Waals surface area contributed by atoms with Crippen LogP contribution < -0.4 is 10.9 Å². The number of hydrogen-bond acceptors (Lipinski definition) is 3. The third kappa shape index (κ3) is 1.95. The van der Waals surface area contributed by atoms with Crippen molar-refractivity contribution in [3.05, 3.63) is 22.7 Å². The molecule has 1 fully saturated rings. The second-order valence-electron chi connectivity index (χ2n) is 4.42. The van der Waals surface area contributed by atoms with Crippen molar-refractivity contribution in [1.29, 1.82) is 0 Å². The smallest absolute Gasteiger partial charge is 0.252 e. The van der Waals surface area contributed by atoms with E-state index in [4.69, 9.17) is 0 Å².